The Balaban J connectivity index is 1.43. The second kappa shape index (κ2) is 6.01. The van der Waals surface area contributed by atoms with Gasteiger partial charge < -0.3 is 10.2 Å². The number of nitrogens with zero attached hydrogens (tertiary/aromatic N) is 2. The summed E-state index contributed by atoms with van der Waals surface area (Å²) >= 11 is 6.23. The number of fused-ring (bicyclic) bond motifs is 1. The van der Waals surface area contributed by atoms with Crippen LogP contribution >= 0.6 is 11.6 Å². The molecule has 2 aromatic carbocycles. The van der Waals surface area contributed by atoms with Crippen LogP contribution in [-0.2, 0) is 0 Å². The summed E-state index contributed by atoms with van der Waals surface area (Å²) in [6, 6.07) is 11.9. The first-order valence-electron chi connectivity index (χ1n) is 8.89. The van der Waals surface area contributed by atoms with Crippen molar-refractivity contribution in [3.63, 3.8) is 0 Å². The number of halogens is 2. The smallest absolute Gasteiger partial charge is 0.253 e. The molecule has 0 saturated carbocycles. The Kier molecular flexibility index (Phi) is 3.71. The van der Waals surface area contributed by atoms with Crippen LogP contribution in [0.25, 0.3) is 22.0 Å². The van der Waals surface area contributed by atoms with E-state index in [1.165, 1.54) is 6.07 Å². The molecule has 1 N–H and O–H groups in total. The molecule has 3 aromatic rings. The quantitative estimate of drug-likeness (QED) is 0.735. The molecule has 0 unspecified atom stereocenters. The molecule has 27 heavy (non-hydrogen) atoms. The molecule has 2 aliphatic rings. The van der Waals surface area contributed by atoms with Gasteiger partial charge in [0.1, 0.15) is 5.82 Å². The summed E-state index contributed by atoms with van der Waals surface area (Å²) in [6.45, 7) is 3.42. The highest BCUT2D eigenvalue weighted by Gasteiger charge is 2.49. The van der Waals surface area contributed by atoms with E-state index in [9.17, 15) is 9.18 Å². The molecule has 0 atom stereocenters. The molecule has 6 heteroatoms. The molecule has 2 fully saturated rings. The van der Waals surface area contributed by atoms with Gasteiger partial charge in [-0.1, -0.05) is 23.7 Å². The lowest BCUT2D eigenvalue weighted by Gasteiger charge is -2.56. The Bertz CT molecular complexity index is 1070. The highest BCUT2D eigenvalue weighted by atomic mass is 35.5. The number of pyridine rings is 1. The lowest BCUT2D eigenvalue weighted by Crippen LogP contribution is -2.71. The normalized spacial score (nSPS) is 17.6. The van der Waals surface area contributed by atoms with Gasteiger partial charge in [-0.3, -0.25) is 9.78 Å². The number of carbonyl (C=O) groups excluding carboxylic acids is 1. The number of rotatable bonds is 2. The topological polar surface area (TPSA) is 45.2 Å². The number of amides is 1. The van der Waals surface area contributed by atoms with Gasteiger partial charge >= 0.3 is 0 Å². The molecule has 3 heterocycles. The van der Waals surface area contributed by atoms with E-state index in [2.05, 4.69) is 10.3 Å². The van der Waals surface area contributed by atoms with Gasteiger partial charge in [-0.05, 0) is 35.9 Å². The van der Waals surface area contributed by atoms with E-state index in [0.29, 0.717) is 21.7 Å². The molecular weight excluding hydrogens is 365 g/mol. The van der Waals surface area contributed by atoms with Crippen molar-refractivity contribution >= 4 is 28.4 Å². The molecule has 0 bridgehead atoms. The van der Waals surface area contributed by atoms with Crippen molar-refractivity contribution in [2.45, 2.75) is 0 Å². The highest BCUT2D eigenvalue weighted by Crippen LogP contribution is 2.35. The Labute approximate surface area is 161 Å². The maximum Gasteiger partial charge on any atom is 0.253 e. The number of aromatic nitrogens is 1. The Morgan fingerprint density at radius 1 is 1.15 bits per heavy atom. The predicted octanol–water partition coefficient (Wildman–Crippen LogP) is 3.74. The maximum atomic E-state index is 14.8. The van der Waals surface area contributed by atoms with Gasteiger partial charge in [0.25, 0.3) is 5.91 Å². The zero-order valence-corrected chi connectivity index (χ0v) is 15.3. The molecule has 1 aromatic heterocycles. The summed E-state index contributed by atoms with van der Waals surface area (Å²) in [5, 5.41) is 4.59. The van der Waals surface area contributed by atoms with Gasteiger partial charge in [0.2, 0.25) is 0 Å². The monoisotopic (exact) mass is 381 g/mol. The maximum absolute atomic E-state index is 14.8. The van der Waals surface area contributed by atoms with Crippen LogP contribution < -0.4 is 5.32 Å². The number of nitrogens with one attached hydrogen (secondary N) is 1. The first-order chi connectivity index (χ1) is 13.0. The first-order valence-corrected chi connectivity index (χ1v) is 9.27. The van der Waals surface area contributed by atoms with Crippen LogP contribution in [0.3, 0.4) is 0 Å². The molecule has 0 radical (unpaired) electrons. The fraction of sp³-hybridized carbons (Fsp3) is 0.238. The van der Waals surface area contributed by atoms with Crippen molar-refractivity contribution in [2.24, 2.45) is 5.41 Å². The summed E-state index contributed by atoms with van der Waals surface area (Å²) in [5.74, 6) is -0.524. The predicted molar refractivity (Wildman–Crippen MR) is 103 cm³/mol. The van der Waals surface area contributed by atoms with Gasteiger partial charge in [0.05, 0.1) is 10.5 Å². The van der Waals surface area contributed by atoms with Crippen LogP contribution in [0.2, 0.25) is 5.02 Å². The molecule has 1 amide bonds. The second-order valence-electron chi connectivity index (χ2n) is 7.48. The summed E-state index contributed by atoms with van der Waals surface area (Å²) in [5.41, 5.74) is 2.55. The zero-order valence-electron chi connectivity index (χ0n) is 14.5. The average molecular weight is 382 g/mol. The highest BCUT2D eigenvalue weighted by molar-refractivity contribution is 6.35. The standard InChI is InChI=1S/C21H17ClFN3O/c22-17-5-6-25-19-4-2-13(7-16(17)19)15-3-1-14(8-18(15)23)20(27)26-11-21(12-26)9-24-10-21/h1-8,24H,9-12H2. The minimum absolute atomic E-state index is 0.108. The van der Waals surface area contributed by atoms with Gasteiger partial charge in [-0.25, -0.2) is 4.39 Å². The van der Waals surface area contributed by atoms with Crippen molar-refractivity contribution < 1.29 is 9.18 Å². The van der Waals surface area contributed by atoms with Crippen molar-refractivity contribution in [3.8, 4) is 11.1 Å². The number of likely N-dealkylation sites (tertiary alicyclic amines) is 1. The van der Waals surface area contributed by atoms with Crippen molar-refractivity contribution in [2.75, 3.05) is 26.2 Å². The van der Waals surface area contributed by atoms with Crippen molar-refractivity contribution in [1.29, 1.82) is 0 Å². The SMILES string of the molecule is O=C(c1ccc(-c2ccc3nccc(Cl)c3c2)c(F)c1)N1CC2(CNC2)C1. The molecule has 136 valence electrons. The number of benzene rings is 2. The molecule has 2 saturated heterocycles. The van der Waals surface area contributed by atoms with E-state index >= 15 is 0 Å². The Morgan fingerprint density at radius 3 is 2.67 bits per heavy atom. The number of hydrogen-bond acceptors (Lipinski definition) is 3. The largest absolute Gasteiger partial charge is 0.337 e. The van der Waals surface area contributed by atoms with Crippen LogP contribution in [0.1, 0.15) is 10.4 Å². The summed E-state index contributed by atoms with van der Waals surface area (Å²) in [7, 11) is 0. The van der Waals surface area contributed by atoms with Crippen LogP contribution in [0.15, 0.2) is 48.7 Å². The zero-order chi connectivity index (χ0) is 18.6. The van der Waals surface area contributed by atoms with E-state index in [0.717, 1.165) is 37.1 Å². The van der Waals surface area contributed by atoms with Crippen molar-refractivity contribution in [1.82, 2.24) is 15.2 Å². The van der Waals surface area contributed by atoms with Crippen molar-refractivity contribution in [3.05, 3.63) is 65.1 Å². The Hall–Kier alpha value is -2.50. The molecule has 1 spiro atoms. The first kappa shape index (κ1) is 16.7. The van der Waals surface area contributed by atoms with E-state index in [1.807, 2.05) is 18.2 Å². The average Bonchev–Trinajstić information content (AvgIpc) is 2.59. The fourth-order valence-electron chi connectivity index (χ4n) is 3.95. The number of hydrogen-bond donors (Lipinski definition) is 1. The third-order valence-electron chi connectivity index (χ3n) is 5.56. The molecule has 5 rings (SSSR count). The van der Waals surface area contributed by atoms with E-state index in [-0.39, 0.29) is 11.3 Å². The van der Waals surface area contributed by atoms with Gasteiger partial charge in [-0.2, -0.15) is 0 Å². The van der Waals surface area contributed by atoms with Gasteiger partial charge in [0.15, 0.2) is 0 Å². The lowest BCUT2D eigenvalue weighted by atomic mass is 9.74. The molecular formula is C21H17ClFN3O. The van der Waals surface area contributed by atoms with E-state index in [4.69, 9.17) is 11.6 Å². The van der Waals surface area contributed by atoms with Crippen LogP contribution in [-0.4, -0.2) is 42.0 Å². The fourth-order valence-corrected chi connectivity index (χ4v) is 4.16. The minimum atomic E-state index is -0.416. The van der Waals surface area contributed by atoms with Crippen LogP contribution in [0.5, 0.6) is 0 Å². The van der Waals surface area contributed by atoms with E-state index < -0.39 is 5.82 Å². The van der Waals surface area contributed by atoms with Gasteiger partial charge in [0, 0.05) is 54.3 Å². The van der Waals surface area contributed by atoms with E-state index in [1.54, 1.807) is 29.3 Å². The summed E-state index contributed by atoms with van der Waals surface area (Å²) < 4.78 is 14.8. The lowest BCUT2D eigenvalue weighted by molar-refractivity contribution is -0.0248. The third kappa shape index (κ3) is 2.69. The van der Waals surface area contributed by atoms with Gasteiger partial charge in [-0.15, -0.1) is 0 Å². The summed E-state index contributed by atoms with van der Waals surface area (Å²) in [4.78, 5) is 18.6. The molecule has 4 nitrogen and oxygen atoms in total. The van der Waals surface area contributed by atoms with Crippen LogP contribution in [0.4, 0.5) is 4.39 Å². The molecule has 2 aliphatic heterocycles. The van der Waals surface area contributed by atoms with Crippen LogP contribution in [0, 0.1) is 11.2 Å². The number of carbonyl (C=O) groups is 1. The minimum Gasteiger partial charge on any atom is -0.337 e. The second-order valence-corrected chi connectivity index (χ2v) is 7.89. The summed E-state index contributed by atoms with van der Waals surface area (Å²) in [6.07, 6.45) is 1.64. The molecule has 0 aliphatic carbocycles. The third-order valence-corrected chi connectivity index (χ3v) is 5.88. The Morgan fingerprint density at radius 2 is 1.96 bits per heavy atom.